The molecular weight excluding hydrogens is 432 g/mol. The van der Waals surface area contributed by atoms with Crippen molar-refractivity contribution in [2.45, 2.75) is 6.61 Å². The van der Waals surface area contributed by atoms with E-state index in [-0.39, 0.29) is 17.7 Å². The summed E-state index contributed by atoms with van der Waals surface area (Å²) in [5.41, 5.74) is 1.36. The van der Waals surface area contributed by atoms with E-state index < -0.39 is 23.8 Å². The minimum absolute atomic E-state index is 0.182. The predicted octanol–water partition coefficient (Wildman–Crippen LogP) is 2.48. The molecule has 2 aromatic rings. The Labute approximate surface area is 167 Å². The third-order valence-electron chi connectivity index (χ3n) is 3.81. The monoisotopic (exact) mass is 444 g/mol. The van der Waals surface area contributed by atoms with E-state index in [1.807, 2.05) is 10.6 Å². The van der Waals surface area contributed by atoms with E-state index in [4.69, 9.17) is 9.84 Å². The standard InChI is InChI=1S/C19H13BrN2O6/c20-14-8-11(7-13-16(23)21-19(27)22-17(13)24)3-6-15(14)28-9-10-1-4-12(5-2-10)18(25)26/h1-8H,9H2,(H,25,26)(H2,21,22,23,24,27). The van der Waals surface area contributed by atoms with Crippen LogP contribution in [0, 0.1) is 0 Å². The fraction of sp³-hybridized carbons (Fsp3) is 0.0526. The summed E-state index contributed by atoms with van der Waals surface area (Å²) in [5.74, 6) is -2.01. The van der Waals surface area contributed by atoms with Crippen molar-refractivity contribution < 1.29 is 29.0 Å². The number of barbiturate groups is 1. The second kappa shape index (κ2) is 8.05. The summed E-state index contributed by atoms with van der Waals surface area (Å²) < 4.78 is 6.30. The van der Waals surface area contributed by atoms with Gasteiger partial charge in [-0.3, -0.25) is 20.2 Å². The van der Waals surface area contributed by atoms with Crippen LogP contribution in [0.2, 0.25) is 0 Å². The number of halogens is 1. The summed E-state index contributed by atoms with van der Waals surface area (Å²) in [4.78, 5) is 45.5. The van der Waals surface area contributed by atoms with Gasteiger partial charge in [-0.15, -0.1) is 0 Å². The van der Waals surface area contributed by atoms with Crippen LogP contribution >= 0.6 is 15.9 Å². The van der Waals surface area contributed by atoms with Crippen LogP contribution in [0.15, 0.2) is 52.5 Å². The van der Waals surface area contributed by atoms with Crippen LogP contribution in [0.25, 0.3) is 6.08 Å². The third kappa shape index (κ3) is 4.44. The van der Waals surface area contributed by atoms with Crippen LogP contribution in [0.5, 0.6) is 5.75 Å². The lowest BCUT2D eigenvalue weighted by Gasteiger charge is -2.14. The zero-order chi connectivity index (χ0) is 20.3. The number of imide groups is 2. The summed E-state index contributed by atoms with van der Waals surface area (Å²) in [6.07, 6.45) is 1.36. The molecule has 9 heteroatoms. The van der Waals surface area contributed by atoms with Gasteiger partial charge in [0.15, 0.2) is 0 Å². The number of rotatable bonds is 5. The van der Waals surface area contributed by atoms with Crippen molar-refractivity contribution in [3.05, 3.63) is 69.2 Å². The number of carboxylic acids is 1. The Balaban J connectivity index is 1.71. The van der Waals surface area contributed by atoms with Gasteiger partial charge in [-0.25, -0.2) is 9.59 Å². The number of nitrogens with one attached hydrogen (secondary N) is 2. The molecule has 8 nitrogen and oxygen atoms in total. The van der Waals surface area contributed by atoms with E-state index in [2.05, 4.69) is 15.9 Å². The van der Waals surface area contributed by atoms with Crippen LogP contribution in [-0.4, -0.2) is 28.9 Å². The minimum atomic E-state index is -0.996. The number of carboxylic acid groups (broad SMARTS) is 1. The highest BCUT2D eigenvalue weighted by atomic mass is 79.9. The summed E-state index contributed by atoms with van der Waals surface area (Å²) in [7, 11) is 0. The molecular formula is C19H13BrN2O6. The first-order chi connectivity index (χ1) is 13.3. The maximum Gasteiger partial charge on any atom is 0.335 e. The molecule has 0 radical (unpaired) electrons. The minimum Gasteiger partial charge on any atom is -0.488 e. The van der Waals surface area contributed by atoms with E-state index in [9.17, 15) is 19.2 Å². The number of benzene rings is 2. The third-order valence-corrected chi connectivity index (χ3v) is 4.43. The Bertz CT molecular complexity index is 992. The average molecular weight is 445 g/mol. The number of aromatic carboxylic acids is 1. The molecule has 0 spiro atoms. The van der Waals surface area contributed by atoms with Gasteiger partial charge < -0.3 is 9.84 Å². The Morgan fingerprint density at radius 3 is 2.25 bits per heavy atom. The molecule has 2 aromatic carbocycles. The lowest BCUT2D eigenvalue weighted by atomic mass is 10.1. The first-order valence-electron chi connectivity index (χ1n) is 7.96. The number of hydrogen-bond donors (Lipinski definition) is 3. The molecule has 0 aliphatic carbocycles. The Kier molecular flexibility index (Phi) is 5.55. The Morgan fingerprint density at radius 2 is 1.68 bits per heavy atom. The molecule has 0 saturated carbocycles. The highest BCUT2D eigenvalue weighted by Crippen LogP contribution is 2.28. The van der Waals surface area contributed by atoms with Crippen molar-refractivity contribution in [1.29, 1.82) is 0 Å². The van der Waals surface area contributed by atoms with Crippen molar-refractivity contribution in [3.63, 3.8) is 0 Å². The predicted molar refractivity (Wildman–Crippen MR) is 102 cm³/mol. The topological polar surface area (TPSA) is 122 Å². The van der Waals surface area contributed by atoms with Crippen molar-refractivity contribution >= 4 is 45.8 Å². The van der Waals surface area contributed by atoms with E-state index in [1.54, 1.807) is 30.3 Å². The molecule has 4 amide bonds. The van der Waals surface area contributed by atoms with Crippen LogP contribution < -0.4 is 15.4 Å². The lowest BCUT2D eigenvalue weighted by molar-refractivity contribution is -0.123. The van der Waals surface area contributed by atoms with Crippen LogP contribution in [0.4, 0.5) is 4.79 Å². The molecule has 0 aromatic heterocycles. The van der Waals surface area contributed by atoms with Crippen LogP contribution in [0.3, 0.4) is 0 Å². The zero-order valence-corrected chi connectivity index (χ0v) is 15.8. The number of urea groups is 1. The van der Waals surface area contributed by atoms with Crippen LogP contribution in [-0.2, 0) is 16.2 Å². The van der Waals surface area contributed by atoms with Gasteiger partial charge in [0.05, 0.1) is 10.0 Å². The number of hydrogen-bond acceptors (Lipinski definition) is 5. The Morgan fingerprint density at radius 1 is 1.04 bits per heavy atom. The summed E-state index contributed by atoms with van der Waals surface area (Å²) >= 11 is 3.37. The molecule has 1 aliphatic rings. The van der Waals surface area contributed by atoms with Crippen LogP contribution in [0.1, 0.15) is 21.5 Å². The number of carbonyl (C=O) groups excluding carboxylic acids is 3. The molecule has 0 bridgehead atoms. The average Bonchev–Trinajstić information content (AvgIpc) is 2.64. The summed E-state index contributed by atoms with van der Waals surface area (Å²) in [5, 5.41) is 12.9. The molecule has 1 saturated heterocycles. The molecule has 3 N–H and O–H groups in total. The highest BCUT2D eigenvalue weighted by molar-refractivity contribution is 9.10. The van der Waals surface area contributed by atoms with Gasteiger partial charge in [0.25, 0.3) is 11.8 Å². The van der Waals surface area contributed by atoms with Gasteiger partial charge in [-0.2, -0.15) is 0 Å². The molecule has 0 atom stereocenters. The second-order valence-electron chi connectivity index (χ2n) is 5.78. The molecule has 1 aliphatic heterocycles. The second-order valence-corrected chi connectivity index (χ2v) is 6.63. The zero-order valence-electron chi connectivity index (χ0n) is 14.2. The molecule has 0 unspecified atom stereocenters. The highest BCUT2D eigenvalue weighted by Gasteiger charge is 2.27. The Hall–Kier alpha value is -3.46. The molecule has 28 heavy (non-hydrogen) atoms. The van der Waals surface area contributed by atoms with E-state index >= 15 is 0 Å². The maximum atomic E-state index is 11.8. The van der Waals surface area contributed by atoms with Gasteiger partial charge in [0.1, 0.15) is 17.9 Å². The van der Waals surface area contributed by atoms with Gasteiger partial charge in [0.2, 0.25) is 0 Å². The molecule has 3 rings (SSSR count). The first-order valence-corrected chi connectivity index (χ1v) is 8.76. The van der Waals surface area contributed by atoms with Crippen molar-refractivity contribution in [2.75, 3.05) is 0 Å². The van der Waals surface area contributed by atoms with E-state index in [1.165, 1.54) is 18.2 Å². The summed E-state index contributed by atoms with van der Waals surface area (Å²) in [6.45, 7) is 0.228. The van der Waals surface area contributed by atoms with Gasteiger partial charge in [-0.05, 0) is 57.4 Å². The normalized spacial score (nSPS) is 13.6. The largest absolute Gasteiger partial charge is 0.488 e. The lowest BCUT2D eigenvalue weighted by Crippen LogP contribution is -2.51. The van der Waals surface area contributed by atoms with Gasteiger partial charge in [-0.1, -0.05) is 18.2 Å². The number of ether oxygens (including phenoxy) is 1. The fourth-order valence-corrected chi connectivity index (χ4v) is 2.91. The fourth-order valence-electron chi connectivity index (χ4n) is 2.40. The molecule has 1 heterocycles. The summed E-state index contributed by atoms with van der Waals surface area (Å²) in [6, 6.07) is 10.4. The maximum absolute atomic E-state index is 11.8. The molecule has 1 fully saturated rings. The van der Waals surface area contributed by atoms with Crippen molar-refractivity contribution in [3.8, 4) is 5.75 Å². The van der Waals surface area contributed by atoms with Crippen molar-refractivity contribution in [1.82, 2.24) is 10.6 Å². The molecule has 142 valence electrons. The number of amides is 4. The first kappa shape index (κ1) is 19.3. The van der Waals surface area contributed by atoms with E-state index in [0.29, 0.717) is 15.8 Å². The SMILES string of the molecule is O=C1NC(=O)C(=Cc2ccc(OCc3ccc(C(=O)O)cc3)c(Br)c2)C(=O)N1. The quantitative estimate of drug-likeness (QED) is 0.480. The smallest absolute Gasteiger partial charge is 0.335 e. The van der Waals surface area contributed by atoms with E-state index in [0.717, 1.165) is 5.56 Å². The number of carbonyl (C=O) groups is 4. The van der Waals surface area contributed by atoms with Gasteiger partial charge >= 0.3 is 12.0 Å². The van der Waals surface area contributed by atoms with Crippen molar-refractivity contribution in [2.24, 2.45) is 0 Å². The van der Waals surface area contributed by atoms with Gasteiger partial charge in [0, 0.05) is 0 Å².